The highest BCUT2D eigenvalue weighted by Crippen LogP contribution is 2.27. The molecule has 0 atom stereocenters. The number of carbonyl (C=O) groups is 1. The summed E-state index contributed by atoms with van der Waals surface area (Å²) in [5, 5.41) is 10.7. The first kappa shape index (κ1) is 20.8. The van der Waals surface area contributed by atoms with Crippen molar-refractivity contribution in [3.8, 4) is 0 Å². The van der Waals surface area contributed by atoms with E-state index in [1.165, 1.54) is 17.3 Å². The highest BCUT2D eigenvalue weighted by atomic mass is 32.2. The number of para-hydroxylation sites is 1. The van der Waals surface area contributed by atoms with Crippen LogP contribution in [-0.2, 0) is 11.3 Å². The average Bonchev–Trinajstić information content (AvgIpc) is 3.38. The van der Waals surface area contributed by atoms with E-state index in [9.17, 15) is 4.79 Å². The van der Waals surface area contributed by atoms with Crippen molar-refractivity contribution < 1.29 is 9.53 Å². The Morgan fingerprint density at radius 2 is 1.81 bits per heavy atom. The number of Topliss-reactive ketones (excluding diaryl/α,β-unsaturated/α-hetero) is 1. The third kappa shape index (κ3) is 4.16. The van der Waals surface area contributed by atoms with E-state index < -0.39 is 0 Å². The molecule has 5 rings (SSSR count). The van der Waals surface area contributed by atoms with Crippen LogP contribution < -0.4 is 4.90 Å². The molecule has 1 saturated heterocycles. The fourth-order valence-electron chi connectivity index (χ4n) is 4.13. The molecule has 1 N–H and O–H groups in total. The number of hydrogen-bond acceptors (Lipinski definition) is 6. The second-order valence-electron chi connectivity index (χ2n) is 7.84. The second-order valence-corrected chi connectivity index (χ2v) is 8.78. The highest BCUT2D eigenvalue weighted by molar-refractivity contribution is 7.99. The van der Waals surface area contributed by atoms with Crippen LogP contribution >= 0.6 is 11.8 Å². The number of nitrogens with one attached hydrogen (secondary N) is 1. The Kier molecular flexibility index (Phi) is 5.96. The fourth-order valence-corrected chi connectivity index (χ4v) is 4.93. The SMILES string of the molecule is Cc1[nH]c2ccccc2c1C(=O)CSc1nnc(N2CCOCC2)n1Cc1ccccc1. The fraction of sp³-hybridized carbons (Fsp3) is 0.292. The minimum Gasteiger partial charge on any atom is -0.378 e. The zero-order chi connectivity index (χ0) is 21.9. The van der Waals surface area contributed by atoms with Crippen molar-refractivity contribution >= 4 is 34.4 Å². The Balaban J connectivity index is 1.40. The van der Waals surface area contributed by atoms with Crippen molar-refractivity contribution in [2.24, 2.45) is 0 Å². The van der Waals surface area contributed by atoms with E-state index in [-0.39, 0.29) is 5.78 Å². The van der Waals surface area contributed by atoms with Crippen LogP contribution in [-0.4, -0.2) is 57.6 Å². The van der Waals surface area contributed by atoms with Crippen LogP contribution in [0.25, 0.3) is 10.9 Å². The molecule has 4 aromatic rings. The van der Waals surface area contributed by atoms with Crippen LogP contribution in [0, 0.1) is 6.92 Å². The quantitative estimate of drug-likeness (QED) is 0.342. The maximum atomic E-state index is 13.2. The molecule has 1 fully saturated rings. The minimum atomic E-state index is 0.0899. The summed E-state index contributed by atoms with van der Waals surface area (Å²) in [6.07, 6.45) is 0. The van der Waals surface area contributed by atoms with Gasteiger partial charge < -0.3 is 14.6 Å². The number of aromatic nitrogens is 4. The van der Waals surface area contributed by atoms with Gasteiger partial charge in [0.15, 0.2) is 10.9 Å². The number of aryl methyl sites for hydroxylation is 1. The molecule has 7 nitrogen and oxygen atoms in total. The summed E-state index contributed by atoms with van der Waals surface area (Å²) < 4.78 is 7.61. The van der Waals surface area contributed by atoms with E-state index in [2.05, 4.69) is 36.8 Å². The number of hydrogen-bond donors (Lipinski definition) is 1. The Bertz CT molecular complexity index is 1230. The first-order chi connectivity index (χ1) is 15.7. The van der Waals surface area contributed by atoms with Crippen LogP contribution in [0.3, 0.4) is 0 Å². The Hall–Kier alpha value is -3.10. The van der Waals surface area contributed by atoms with E-state index in [4.69, 9.17) is 4.74 Å². The Labute approximate surface area is 190 Å². The topological polar surface area (TPSA) is 76.0 Å². The van der Waals surface area contributed by atoms with Gasteiger partial charge in [-0.05, 0) is 18.6 Å². The van der Waals surface area contributed by atoms with Gasteiger partial charge in [0.1, 0.15) is 0 Å². The molecule has 0 amide bonds. The van der Waals surface area contributed by atoms with Crippen LogP contribution in [0.2, 0.25) is 0 Å². The number of aromatic amines is 1. The molecule has 164 valence electrons. The van der Waals surface area contributed by atoms with Gasteiger partial charge in [-0.25, -0.2) is 0 Å². The number of rotatable bonds is 7. The van der Waals surface area contributed by atoms with E-state index in [1.54, 1.807) is 0 Å². The van der Waals surface area contributed by atoms with Crippen molar-refractivity contribution in [3.05, 3.63) is 71.4 Å². The number of nitrogens with zero attached hydrogens (tertiary/aromatic N) is 4. The van der Waals surface area contributed by atoms with Gasteiger partial charge in [0.2, 0.25) is 5.95 Å². The predicted octanol–water partition coefficient (Wildman–Crippen LogP) is 3.93. The van der Waals surface area contributed by atoms with Crippen LogP contribution in [0.15, 0.2) is 59.8 Å². The number of anilines is 1. The van der Waals surface area contributed by atoms with Crippen molar-refractivity contribution in [2.45, 2.75) is 18.6 Å². The monoisotopic (exact) mass is 447 g/mol. The summed E-state index contributed by atoms with van der Waals surface area (Å²) in [6, 6.07) is 18.2. The van der Waals surface area contributed by atoms with E-state index in [0.29, 0.717) is 25.5 Å². The van der Waals surface area contributed by atoms with Gasteiger partial charge in [0.25, 0.3) is 0 Å². The molecule has 0 aliphatic carbocycles. The van der Waals surface area contributed by atoms with Crippen molar-refractivity contribution in [1.82, 2.24) is 19.7 Å². The lowest BCUT2D eigenvalue weighted by atomic mass is 10.1. The van der Waals surface area contributed by atoms with Gasteiger partial charge in [-0.3, -0.25) is 9.36 Å². The van der Waals surface area contributed by atoms with E-state index in [1.807, 2.05) is 49.4 Å². The Morgan fingerprint density at radius 1 is 1.06 bits per heavy atom. The Morgan fingerprint density at radius 3 is 2.62 bits per heavy atom. The minimum absolute atomic E-state index is 0.0899. The molecule has 32 heavy (non-hydrogen) atoms. The molecule has 0 saturated carbocycles. The highest BCUT2D eigenvalue weighted by Gasteiger charge is 2.22. The lowest BCUT2D eigenvalue weighted by Gasteiger charge is -2.28. The molecule has 0 unspecified atom stereocenters. The largest absolute Gasteiger partial charge is 0.378 e. The van der Waals surface area contributed by atoms with E-state index in [0.717, 1.165) is 46.4 Å². The molecule has 1 aliphatic rings. The van der Waals surface area contributed by atoms with Crippen molar-refractivity contribution in [1.29, 1.82) is 0 Å². The molecule has 2 aromatic carbocycles. The van der Waals surface area contributed by atoms with Crippen molar-refractivity contribution in [3.63, 3.8) is 0 Å². The summed E-state index contributed by atoms with van der Waals surface area (Å²) in [7, 11) is 0. The van der Waals surface area contributed by atoms with Crippen LogP contribution in [0.1, 0.15) is 21.6 Å². The van der Waals surface area contributed by atoms with Gasteiger partial charge in [-0.15, -0.1) is 10.2 Å². The molecule has 3 heterocycles. The summed E-state index contributed by atoms with van der Waals surface area (Å²) in [4.78, 5) is 18.7. The summed E-state index contributed by atoms with van der Waals surface area (Å²) in [5.74, 6) is 1.22. The number of ketones is 1. The molecule has 8 heteroatoms. The zero-order valence-corrected chi connectivity index (χ0v) is 18.8. The van der Waals surface area contributed by atoms with E-state index >= 15 is 0 Å². The van der Waals surface area contributed by atoms with Gasteiger partial charge in [0, 0.05) is 35.2 Å². The average molecular weight is 448 g/mol. The van der Waals surface area contributed by atoms with Crippen molar-refractivity contribution in [2.75, 3.05) is 37.0 Å². The molecular formula is C24H25N5O2S. The summed E-state index contributed by atoms with van der Waals surface area (Å²) in [5.41, 5.74) is 3.81. The second kappa shape index (κ2) is 9.18. The van der Waals surface area contributed by atoms with Gasteiger partial charge >= 0.3 is 0 Å². The lowest BCUT2D eigenvalue weighted by Crippen LogP contribution is -2.38. The van der Waals surface area contributed by atoms with Gasteiger partial charge in [-0.1, -0.05) is 60.3 Å². The number of morpholine rings is 1. The number of fused-ring (bicyclic) bond motifs is 1. The van der Waals surface area contributed by atoms with Gasteiger partial charge in [-0.2, -0.15) is 0 Å². The van der Waals surface area contributed by atoms with Gasteiger partial charge in [0.05, 0.1) is 25.5 Å². The van der Waals surface area contributed by atoms with Crippen LogP contribution in [0.5, 0.6) is 0 Å². The molecule has 2 aromatic heterocycles. The summed E-state index contributed by atoms with van der Waals surface area (Å²) >= 11 is 1.44. The number of benzene rings is 2. The standard InChI is InChI=1S/C24H25N5O2S/c1-17-22(19-9-5-6-10-20(19)25-17)21(30)16-32-24-27-26-23(28-11-13-31-14-12-28)29(24)15-18-7-3-2-4-8-18/h2-10,25H,11-16H2,1H3. The zero-order valence-electron chi connectivity index (χ0n) is 18.0. The first-order valence-electron chi connectivity index (χ1n) is 10.7. The smallest absolute Gasteiger partial charge is 0.228 e. The number of ether oxygens (including phenoxy) is 1. The maximum absolute atomic E-state index is 13.2. The lowest BCUT2D eigenvalue weighted by molar-refractivity contribution is 0.102. The molecular weight excluding hydrogens is 422 g/mol. The number of thioether (sulfide) groups is 1. The van der Waals surface area contributed by atoms with Crippen LogP contribution in [0.4, 0.5) is 5.95 Å². The first-order valence-corrected chi connectivity index (χ1v) is 11.7. The normalized spacial score (nSPS) is 14.2. The molecule has 0 spiro atoms. The molecule has 0 radical (unpaired) electrons. The number of carbonyl (C=O) groups excluding carboxylic acids is 1. The molecule has 1 aliphatic heterocycles. The summed E-state index contributed by atoms with van der Waals surface area (Å²) in [6.45, 7) is 5.53. The third-order valence-electron chi connectivity index (χ3n) is 5.68. The maximum Gasteiger partial charge on any atom is 0.228 e. The molecule has 0 bridgehead atoms. The third-order valence-corrected chi connectivity index (χ3v) is 6.65. The number of H-pyrrole nitrogens is 1. The predicted molar refractivity (Wildman–Crippen MR) is 127 cm³/mol.